The van der Waals surface area contributed by atoms with Gasteiger partial charge in [-0.25, -0.2) is 18.6 Å². The molecule has 2 aromatic rings. The number of alkyl halides is 3. The van der Waals surface area contributed by atoms with E-state index in [1.54, 1.807) is 41.5 Å². The molecule has 0 saturated heterocycles. The highest BCUT2D eigenvalue weighted by atomic mass is 19.4. The van der Waals surface area contributed by atoms with Crippen LogP contribution in [0.4, 0.5) is 26.7 Å². The van der Waals surface area contributed by atoms with E-state index in [1.807, 2.05) is 0 Å². The van der Waals surface area contributed by atoms with Gasteiger partial charge in [-0.15, -0.1) is 0 Å². The van der Waals surface area contributed by atoms with Gasteiger partial charge in [-0.3, -0.25) is 4.79 Å². The van der Waals surface area contributed by atoms with Crippen molar-refractivity contribution < 1.29 is 41.4 Å². The maximum absolute atomic E-state index is 14.4. The average molecular weight is 546 g/mol. The molecule has 0 aliphatic heterocycles. The van der Waals surface area contributed by atoms with Crippen molar-refractivity contribution in [3.05, 3.63) is 64.5 Å². The lowest BCUT2D eigenvalue weighted by Gasteiger charge is -2.27. The summed E-state index contributed by atoms with van der Waals surface area (Å²) < 4.78 is 73.5. The summed E-state index contributed by atoms with van der Waals surface area (Å²) in [6, 6.07) is 2.86. The topological polar surface area (TPSA) is 101 Å². The van der Waals surface area contributed by atoms with Gasteiger partial charge in [-0.1, -0.05) is 0 Å². The standard InChI is InChI=1S/C26H32F5N3O4/c1-24(2,3)34-22(36)16-8-10-21(26(29,30)31)32-18(16)13-20(35)19(33-23(37)38-25(4,5)6)12-14-11-15(27)7-9-17(14)28/h7-11,19-20,35H,12-13H2,1-6H3,(H,33,37)(H,34,36)/t19-,20+/m1/s1. The highest BCUT2D eigenvalue weighted by Crippen LogP contribution is 2.29. The van der Waals surface area contributed by atoms with E-state index in [9.17, 15) is 36.6 Å². The largest absolute Gasteiger partial charge is 0.444 e. The number of hydrogen-bond acceptors (Lipinski definition) is 5. The van der Waals surface area contributed by atoms with Crippen molar-refractivity contribution in [2.75, 3.05) is 0 Å². The minimum atomic E-state index is -4.84. The molecular weight excluding hydrogens is 513 g/mol. The molecule has 0 fully saturated rings. The number of nitrogens with zero attached hydrogens (tertiary/aromatic N) is 1. The molecule has 12 heteroatoms. The van der Waals surface area contributed by atoms with Crippen molar-refractivity contribution in [1.29, 1.82) is 0 Å². The van der Waals surface area contributed by atoms with Gasteiger partial charge >= 0.3 is 12.3 Å². The summed E-state index contributed by atoms with van der Waals surface area (Å²) in [5.41, 5.74) is -3.78. The zero-order valence-electron chi connectivity index (χ0n) is 22.0. The van der Waals surface area contributed by atoms with Crippen LogP contribution in [0.15, 0.2) is 30.3 Å². The Morgan fingerprint density at radius 3 is 2.18 bits per heavy atom. The second-order valence-electron chi connectivity index (χ2n) is 10.9. The van der Waals surface area contributed by atoms with Crippen molar-refractivity contribution in [3.8, 4) is 0 Å². The number of pyridine rings is 1. The fourth-order valence-corrected chi connectivity index (χ4v) is 3.45. The minimum Gasteiger partial charge on any atom is -0.444 e. The van der Waals surface area contributed by atoms with Crippen LogP contribution < -0.4 is 10.6 Å². The number of carbonyl (C=O) groups is 2. The Labute approximate surface area is 217 Å². The molecule has 1 aromatic heterocycles. The second-order valence-corrected chi connectivity index (χ2v) is 10.9. The monoisotopic (exact) mass is 545 g/mol. The first-order chi connectivity index (χ1) is 17.2. The van der Waals surface area contributed by atoms with Crippen molar-refractivity contribution in [1.82, 2.24) is 15.6 Å². The van der Waals surface area contributed by atoms with Crippen LogP contribution in [-0.4, -0.2) is 45.4 Å². The molecule has 0 spiro atoms. The number of carbonyl (C=O) groups excluding carboxylic acids is 2. The lowest BCUT2D eigenvalue weighted by molar-refractivity contribution is -0.141. The van der Waals surface area contributed by atoms with E-state index in [0.717, 1.165) is 24.3 Å². The fraction of sp³-hybridized carbons (Fsp3) is 0.500. The average Bonchev–Trinajstić information content (AvgIpc) is 2.72. The van der Waals surface area contributed by atoms with E-state index < -0.39 is 77.3 Å². The molecule has 0 unspecified atom stereocenters. The number of aliphatic hydroxyl groups excluding tert-OH is 1. The Morgan fingerprint density at radius 2 is 1.63 bits per heavy atom. The van der Waals surface area contributed by atoms with E-state index in [-0.39, 0.29) is 11.1 Å². The van der Waals surface area contributed by atoms with Crippen LogP contribution in [0.25, 0.3) is 0 Å². The second kappa shape index (κ2) is 11.6. The fourth-order valence-electron chi connectivity index (χ4n) is 3.45. The number of aliphatic hydroxyl groups is 1. The van der Waals surface area contributed by atoms with E-state index in [2.05, 4.69) is 15.6 Å². The molecule has 210 valence electrons. The van der Waals surface area contributed by atoms with E-state index in [0.29, 0.717) is 6.07 Å². The van der Waals surface area contributed by atoms with E-state index >= 15 is 0 Å². The summed E-state index contributed by atoms with van der Waals surface area (Å²) in [6.45, 7) is 9.76. The Morgan fingerprint density at radius 1 is 1.00 bits per heavy atom. The number of hydrogen-bond donors (Lipinski definition) is 3. The number of ether oxygens (including phenoxy) is 1. The van der Waals surface area contributed by atoms with Crippen LogP contribution in [0.2, 0.25) is 0 Å². The van der Waals surface area contributed by atoms with Gasteiger partial charge in [0.15, 0.2) is 0 Å². The van der Waals surface area contributed by atoms with Crippen LogP contribution in [-0.2, 0) is 23.8 Å². The summed E-state index contributed by atoms with van der Waals surface area (Å²) in [5.74, 6) is -2.32. The van der Waals surface area contributed by atoms with Gasteiger partial charge in [0.25, 0.3) is 5.91 Å². The molecule has 38 heavy (non-hydrogen) atoms. The summed E-state index contributed by atoms with van der Waals surface area (Å²) in [7, 11) is 0. The smallest absolute Gasteiger partial charge is 0.433 e. The number of halogens is 5. The Kier molecular flexibility index (Phi) is 9.47. The third-order valence-corrected chi connectivity index (χ3v) is 5.01. The summed E-state index contributed by atoms with van der Waals surface area (Å²) in [6.07, 6.45) is -8.58. The van der Waals surface area contributed by atoms with Gasteiger partial charge in [-0.2, -0.15) is 13.2 Å². The Bertz CT molecular complexity index is 1160. The molecule has 0 aliphatic carbocycles. The lowest BCUT2D eigenvalue weighted by Crippen LogP contribution is -2.48. The molecule has 0 aliphatic rings. The van der Waals surface area contributed by atoms with Gasteiger partial charge in [0, 0.05) is 12.0 Å². The zero-order valence-corrected chi connectivity index (χ0v) is 22.0. The number of benzene rings is 1. The summed E-state index contributed by atoms with van der Waals surface area (Å²) >= 11 is 0. The first-order valence-corrected chi connectivity index (χ1v) is 11.8. The molecule has 0 saturated carbocycles. The SMILES string of the molecule is CC(C)(C)NC(=O)c1ccc(C(F)(F)F)nc1C[C@H](O)[C@@H](Cc1cc(F)ccc1F)NC(=O)OC(C)(C)C. The number of rotatable bonds is 7. The molecule has 2 amide bonds. The van der Waals surface area contributed by atoms with Crippen LogP contribution in [0, 0.1) is 11.6 Å². The maximum atomic E-state index is 14.4. The first kappa shape index (κ1) is 30.9. The summed E-state index contributed by atoms with van der Waals surface area (Å²) in [4.78, 5) is 28.8. The predicted octanol–water partition coefficient (Wildman–Crippen LogP) is 4.95. The number of aromatic nitrogens is 1. The lowest BCUT2D eigenvalue weighted by atomic mass is 9.95. The normalized spacial score (nSPS) is 14.0. The van der Waals surface area contributed by atoms with Crippen molar-refractivity contribution in [2.45, 2.75) is 83.8 Å². The molecule has 0 bridgehead atoms. The molecule has 3 N–H and O–H groups in total. The number of amides is 2. The summed E-state index contributed by atoms with van der Waals surface area (Å²) in [5, 5.41) is 16.0. The Balaban J connectivity index is 2.48. The zero-order chi connectivity index (χ0) is 29.1. The maximum Gasteiger partial charge on any atom is 0.433 e. The number of alkyl carbamates (subject to hydrolysis) is 1. The quantitative estimate of drug-likeness (QED) is 0.428. The molecule has 0 radical (unpaired) electrons. The van der Waals surface area contributed by atoms with Gasteiger partial charge in [0.1, 0.15) is 22.9 Å². The van der Waals surface area contributed by atoms with Gasteiger partial charge in [-0.05, 0) is 83.9 Å². The van der Waals surface area contributed by atoms with Crippen LogP contribution in [0.5, 0.6) is 0 Å². The molecule has 2 rings (SSSR count). The molecule has 7 nitrogen and oxygen atoms in total. The van der Waals surface area contributed by atoms with Gasteiger partial charge < -0.3 is 20.5 Å². The van der Waals surface area contributed by atoms with Crippen LogP contribution in [0.3, 0.4) is 0 Å². The first-order valence-electron chi connectivity index (χ1n) is 11.8. The van der Waals surface area contributed by atoms with Crippen LogP contribution in [0.1, 0.15) is 68.9 Å². The molecule has 1 heterocycles. The highest BCUT2D eigenvalue weighted by Gasteiger charge is 2.35. The van der Waals surface area contributed by atoms with Crippen LogP contribution >= 0.6 is 0 Å². The molecular formula is C26H32F5N3O4. The van der Waals surface area contributed by atoms with Crippen molar-refractivity contribution in [2.24, 2.45) is 0 Å². The highest BCUT2D eigenvalue weighted by molar-refractivity contribution is 5.95. The van der Waals surface area contributed by atoms with E-state index in [1.165, 1.54) is 0 Å². The predicted molar refractivity (Wildman–Crippen MR) is 129 cm³/mol. The third kappa shape index (κ3) is 9.55. The number of nitrogens with one attached hydrogen (secondary N) is 2. The Hall–Kier alpha value is -3.28. The van der Waals surface area contributed by atoms with Gasteiger partial charge in [0.05, 0.1) is 23.4 Å². The minimum absolute atomic E-state index is 0.201. The van der Waals surface area contributed by atoms with E-state index in [4.69, 9.17) is 4.74 Å². The van der Waals surface area contributed by atoms with Crippen molar-refractivity contribution in [3.63, 3.8) is 0 Å². The van der Waals surface area contributed by atoms with Crippen molar-refractivity contribution >= 4 is 12.0 Å². The van der Waals surface area contributed by atoms with Gasteiger partial charge in [0.2, 0.25) is 0 Å². The molecule has 1 aromatic carbocycles. The third-order valence-electron chi connectivity index (χ3n) is 5.01. The molecule has 2 atom stereocenters.